The van der Waals surface area contributed by atoms with Crippen LogP contribution in [0, 0.1) is 11.8 Å². The van der Waals surface area contributed by atoms with Crippen molar-refractivity contribution >= 4 is 0 Å². The summed E-state index contributed by atoms with van der Waals surface area (Å²) in [6, 6.07) is 0. The molecule has 0 radical (unpaired) electrons. The fourth-order valence-electron chi connectivity index (χ4n) is 2.82. The lowest BCUT2D eigenvalue weighted by Gasteiger charge is -2.35. The van der Waals surface area contributed by atoms with Crippen molar-refractivity contribution in [2.45, 2.75) is 51.8 Å². The SMILES string of the molecule is CCCN(CC1CC(C)CCC1O)CC(F)(F)F. The maximum Gasteiger partial charge on any atom is 0.401 e. The van der Waals surface area contributed by atoms with Crippen LogP contribution in [0.3, 0.4) is 0 Å². The van der Waals surface area contributed by atoms with Gasteiger partial charge in [0.05, 0.1) is 12.6 Å². The smallest absolute Gasteiger partial charge is 0.393 e. The number of aliphatic hydroxyl groups excluding tert-OH is 1. The van der Waals surface area contributed by atoms with Crippen molar-refractivity contribution in [1.82, 2.24) is 4.90 Å². The summed E-state index contributed by atoms with van der Waals surface area (Å²) in [6.07, 6.45) is -1.36. The number of aliphatic hydroxyl groups is 1. The molecule has 3 unspecified atom stereocenters. The van der Waals surface area contributed by atoms with Crippen molar-refractivity contribution in [3.63, 3.8) is 0 Å². The van der Waals surface area contributed by atoms with E-state index in [1.54, 1.807) is 0 Å². The quantitative estimate of drug-likeness (QED) is 0.827. The molecule has 0 aromatic rings. The summed E-state index contributed by atoms with van der Waals surface area (Å²) in [4.78, 5) is 1.44. The predicted octanol–water partition coefficient (Wildman–Crippen LogP) is 3.06. The summed E-state index contributed by atoms with van der Waals surface area (Å²) >= 11 is 0. The van der Waals surface area contributed by atoms with E-state index >= 15 is 0 Å². The first-order valence-corrected chi connectivity index (χ1v) is 6.79. The van der Waals surface area contributed by atoms with E-state index in [4.69, 9.17) is 0 Å². The Morgan fingerprint density at radius 1 is 1.28 bits per heavy atom. The second-order valence-electron chi connectivity index (χ2n) is 5.60. The van der Waals surface area contributed by atoms with Gasteiger partial charge in [-0.3, -0.25) is 4.90 Å². The zero-order valence-electron chi connectivity index (χ0n) is 11.2. The van der Waals surface area contributed by atoms with Gasteiger partial charge in [-0.2, -0.15) is 13.2 Å². The van der Waals surface area contributed by atoms with Crippen molar-refractivity contribution < 1.29 is 18.3 Å². The van der Waals surface area contributed by atoms with E-state index in [-0.39, 0.29) is 5.92 Å². The van der Waals surface area contributed by atoms with Crippen LogP contribution in [0.1, 0.15) is 39.5 Å². The van der Waals surface area contributed by atoms with Crippen molar-refractivity contribution in [2.75, 3.05) is 19.6 Å². The number of hydrogen-bond donors (Lipinski definition) is 1. The van der Waals surface area contributed by atoms with Crippen molar-refractivity contribution in [2.24, 2.45) is 11.8 Å². The highest BCUT2D eigenvalue weighted by atomic mass is 19.4. The Morgan fingerprint density at radius 3 is 2.50 bits per heavy atom. The maximum atomic E-state index is 12.5. The molecule has 0 heterocycles. The third-order valence-corrected chi connectivity index (χ3v) is 3.64. The molecular weight excluding hydrogens is 243 g/mol. The molecule has 0 saturated heterocycles. The van der Waals surface area contributed by atoms with Gasteiger partial charge in [0.15, 0.2) is 0 Å². The van der Waals surface area contributed by atoms with E-state index in [0.717, 1.165) is 19.3 Å². The Morgan fingerprint density at radius 2 is 1.94 bits per heavy atom. The second-order valence-corrected chi connectivity index (χ2v) is 5.60. The van der Waals surface area contributed by atoms with Gasteiger partial charge >= 0.3 is 6.18 Å². The lowest BCUT2D eigenvalue weighted by atomic mass is 9.80. The minimum absolute atomic E-state index is 0.0114. The zero-order chi connectivity index (χ0) is 13.8. The topological polar surface area (TPSA) is 23.5 Å². The summed E-state index contributed by atoms with van der Waals surface area (Å²) in [5, 5.41) is 9.89. The third kappa shape index (κ3) is 5.57. The van der Waals surface area contributed by atoms with Crippen molar-refractivity contribution in [3.05, 3.63) is 0 Å². The molecule has 1 saturated carbocycles. The molecule has 108 valence electrons. The summed E-state index contributed by atoms with van der Waals surface area (Å²) in [7, 11) is 0. The van der Waals surface area contributed by atoms with Crippen LogP contribution in [0.2, 0.25) is 0 Å². The van der Waals surface area contributed by atoms with E-state index in [2.05, 4.69) is 6.92 Å². The van der Waals surface area contributed by atoms with E-state index in [1.165, 1.54) is 4.90 Å². The highest BCUT2D eigenvalue weighted by Crippen LogP contribution is 2.30. The van der Waals surface area contributed by atoms with E-state index in [1.807, 2.05) is 6.92 Å². The van der Waals surface area contributed by atoms with Gasteiger partial charge in [-0.05, 0) is 44.1 Å². The molecule has 2 nitrogen and oxygen atoms in total. The molecule has 0 amide bonds. The van der Waals surface area contributed by atoms with Crippen LogP contribution >= 0.6 is 0 Å². The molecule has 0 aliphatic heterocycles. The van der Waals surface area contributed by atoms with Crippen molar-refractivity contribution in [1.29, 1.82) is 0 Å². The average molecular weight is 267 g/mol. The fraction of sp³-hybridized carbons (Fsp3) is 1.00. The molecular formula is C13H24F3NO. The highest BCUT2D eigenvalue weighted by Gasteiger charge is 2.34. The lowest BCUT2D eigenvalue weighted by molar-refractivity contribution is -0.149. The Bertz CT molecular complexity index is 245. The molecule has 1 aliphatic carbocycles. The first-order valence-electron chi connectivity index (χ1n) is 6.79. The van der Waals surface area contributed by atoms with Crippen LogP contribution in [0.5, 0.6) is 0 Å². The molecule has 5 heteroatoms. The van der Waals surface area contributed by atoms with E-state index in [0.29, 0.717) is 25.4 Å². The second kappa shape index (κ2) is 6.75. The summed E-state index contributed by atoms with van der Waals surface area (Å²) in [5.74, 6) is 0.496. The summed E-state index contributed by atoms with van der Waals surface area (Å²) < 4.78 is 37.4. The summed E-state index contributed by atoms with van der Waals surface area (Å²) in [6.45, 7) is 3.92. The number of hydrogen-bond acceptors (Lipinski definition) is 2. The normalized spacial score (nSPS) is 29.8. The van der Waals surface area contributed by atoms with Gasteiger partial charge in [-0.1, -0.05) is 13.8 Å². The number of nitrogens with zero attached hydrogens (tertiary/aromatic N) is 1. The molecule has 0 bridgehead atoms. The predicted molar refractivity (Wildman–Crippen MR) is 65.3 cm³/mol. The Labute approximate surface area is 107 Å². The van der Waals surface area contributed by atoms with E-state index < -0.39 is 18.8 Å². The zero-order valence-corrected chi connectivity index (χ0v) is 11.2. The largest absolute Gasteiger partial charge is 0.401 e. The fourth-order valence-corrected chi connectivity index (χ4v) is 2.82. The lowest BCUT2D eigenvalue weighted by Crippen LogP contribution is -2.42. The third-order valence-electron chi connectivity index (χ3n) is 3.64. The minimum atomic E-state index is -4.15. The molecule has 0 aromatic carbocycles. The Balaban J connectivity index is 2.53. The maximum absolute atomic E-state index is 12.5. The highest BCUT2D eigenvalue weighted by molar-refractivity contribution is 4.81. The Hall–Kier alpha value is -0.290. The first-order chi connectivity index (χ1) is 8.31. The summed E-state index contributed by atoms with van der Waals surface area (Å²) in [5.41, 5.74) is 0. The molecule has 1 N–H and O–H groups in total. The molecule has 18 heavy (non-hydrogen) atoms. The molecule has 1 rings (SSSR count). The van der Waals surface area contributed by atoms with Gasteiger partial charge in [0.1, 0.15) is 0 Å². The number of rotatable bonds is 5. The van der Waals surface area contributed by atoms with Crippen LogP contribution in [-0.2, 0) is 0 Å². The van der Waals surface area contributed by atoms with Crippen molar-refractivity contribution in [3.8, 4) is 0 Å². The van der Waals surface area contributed by atoms with Crippen LogP contribution in [-0.4, -0.2) is 41.9 Å². The van der Waals surface area contributed by atoms with Gasteiger partial charge in [0, 0.05) is 6.54 Å². The first kappa shape index (κ1) is 15.8. The van der Waals surface area contributed by atoms with Gasteiger partial charge < -0.3 is 5.11 Å². The molecule has 0 spiro atoms. The standard InChI is InChI=1S/C13H24F3NO/c1-3-6-17(9-13(14,15)16)8-11-7-10(2)4-5-12(11)18/h10-12,18H,3-9H2,1-2H3. The molecule has 1 aliphatic rings. The number of alkyl halides is 3. The van der Waals surface area contributed by atoms with E-state index in [9.17, 15) is 18.3 Å². The van der Waals surface area contributed by atoms with Gasteiger partial charge in [-0.15, -0.1) is 0 Å². The van der Waals surface area contributed by atoms with Gasteiger partial charge in [-0.25, -0.2) is 0 Å². The van der Waals surface area contributed by atoms with Crippen LogP contribution in [0.15, 0.2) is 0 Å². The van der Waals surface area contributed by atoms with Crippen LogP contribution < -0.4 is 0 Å². The molecule has 3 atom stereocenters. The van der Waals surface area contributed by atoms with Crippen LogP contribution in [0.25, 0.3) is 0 Å². The van der Waals surface area contributed by atoms with Gasteiger partial charge in [0.25, 0.3) is 0 Å². The average Bonchev–Trinajstić information content (AvgIpc) is 2.21. The molecule has 1 fully saturated rings. The Kier molecular flexibility index (Phi) is 5.92. The van der Waals surface area contributed by atoms with Gasteiger partial charge in [0.2, 0.25) is 0 Å². The minimum Gasteiger partial charge on any atom is -0.393 e. The molecule has 0 aromatic heterocycles. The monoisotopic (exact) mass is 267 g/mol. The number of halogens is 3. The van der Waals surface area contributed by atoms with Crippen LogP contribution in [0.4, 0.5) is 13.2 Å².